The van der Waals surface area contributed by atoms with Crippen molar-refractivity contribution in [3.63, 3.8) is 0 Å². The fourth-order valence-corrected chi connectivity index (χ4v) is 2.90. The van der Waals surface area contributed by atoms with E-state index in [1.165, 1.54) is 0 Å². The van der Waals surface area contributed by atoms with Crippen LogP contribution in [0.25, 0.3) is 0 Å². The molecule has 3 aromatic carbocycles. The summed E-state index contributed by atoms with van der Waals surface area (Å²) in [6.07, 6.45) is 0. The Balaban J connectivity index is 1.41. The summed E-state index contributed by atoms with van der Waals surface area (Å²) < 4.78 is 16.7. The zero-order valence-corrected chi connectivity index (χ0v) is 18.1. The molecule has 3 rings (SSSR count). The summed E-state index contributed by atoms with van der Waals surface area (Å²) in [7, 11) is 0. The number of ether oxygens (including phenoxy) is 3. The fraction of sp³-hybridized carbons (Fsp3) is 0.200. The number of nitrogens with one attached hydrogen (secondary N) is 2. The highest BCUT2D eigenvalue weighted by atomic mass is 16.5. The fourth-order valence-electron chi connectivity index (χ4n) is 2.90. The van der Waals surface area contributed by atoms with E-state index in [1.54, 1.807) is 24.3 Å². The second-order valence-corrected chi connectivity index (χ2v) is 7.10. The molecule has 3 aromatic rings. The van der Waals surface area contributed by atoms with E-state index in [9.17, 15) is 9.59 Å². The van der Waals surface area contributed by atoms with Gasteiger partial charge in [-0.25, -0.2) is 0 Å². The molecule has 2 N–H and O–H groups in total. The molecule has 0 radical (unpaired) electrons. The number of hydrogen-bond donors (Lipinski definition) is 2. The number of rotatable bonds is 9. The van der Waals surface area contributed by atoms with Crippen molar-refractivity contribution in [1.82, 2.24) is 10.9 Å². The lowest BCUT2D eigenvalue weighted by atomic mass is 10.1. The van der Waals surface area contributed by atoms with E-state index in [4.69, 9.17) is 14.2 Å². The molecule has 0 saturated heterocycles. The third-order valence-corrected chi connectivity index (χ3v) is 4.46. The van der Waals surface area contributed by atoms with E-state index in [-0.39, 0.29) is 6.61 Å². The highest BCUT2D eigenvalue weighted by molar-refractivity contribution is 5.95. The summed E-state index contributed by atoms with van der Waals surface area (Å²) in [5.74, 6) is 0.984. The molecular weight excluding hydrogens is 408 g/mol. The van der Waals surface area contributed by atoms with E-state index in [0.717, 1.165) is 16.9 Å². The number of benzene rings is 3. The Hall–Kier alpha value is -4.00. The summed E-state index contributed by atoms with van der Waals surface area (Å²) in [5, 5.41) is 0. The molecule has 0 spiro atoms. The first-order valence-corrected chi connectivity index (χ1v) is 10.2. The van der Waals surface area contributed by atoms with Crippen LogP contribution < -0.4 is 25.1 Å². The summed E-state index contributed by atoms with van der Waals surface area (Å²) in [5.41, 5.74) is 7.12. The predicted molar refractivity (Wildman–Crippen MR) is 121 cm³/mol. The van der Waals surface area contributed by atoms with Gasteiger partial charge in [-0.15, -0.1) is 0 Å². The minimum absolute atomic E-state index is 0.214. The Labute approximate surface area is 187 Å². The van der Waals surface area contributed by atoms with Crippen molar-refractivity contribution in [2.45, 2.75) is 13.8 Å². The molecule has 0 aliphatic rings. The van der Waals surface area contributed by atoms with Crippen LogP contribution >= 0.6 is 0 Å². The lowest BCUT2D eigenvalue weighted by Crippen LogP contribution is -2.43. The molecule has 0 aliphatic carbocycles. The summed E-state index contributed by atoms with van der Waals surface area (Å²) in [4.78, 5) is 24.3. The largest absolute Gasteiger partial charge is 0.490 e. The first kappa shape index (κ1) is 22.7. The Bertz CT molecular complexity index is 1050. The monoisotopic (exact) mass is 434 g/mol. The van der Waals surface area contributed by atoms with Crippen molar-refractivity contribution < 1.29 is 23.8 Å². The third-order valence-electron chi connectivity index (χ3n) is 4.46. The lowest BCUT2D eigenvalue weighted by molar-refractivity contribution is -0.123. The van der Waals surface area contributed by atoms with Gasteiger partial charge >= 0.3 is 0 Å². The third kappa shape index (κ3) is 7.05. The minimum atomic E-state index is -0.469. The molecule has 0 unspecified atom stereocenters. The highest BCUT2D eigenvalue weighted by Crippen LogP contribution is 2.18. The first-order chi connectivity index (χ1) is 15.5. The number of carbonyl (C=O) groups is 2. The number of amides is 2. The molecular formula is C25H26N2O5. The van der Waals surface area contributed by atoms with Crippen molar-refractivity contribution in [3.05, 3.63) is 89.5 Å². The first-order valence-electron chi connectivity index (χ1n) is 10.2. The van der Waals surface area contributed by atoms with Crippen molar-refractivity contribution >= 4 is 11.8 Å². The number of para-hydroxylation sites is 1. The average Bonchev–Trinajstić information content (AvgIpc) is 2.80. The molecule has 0 heterocycles. The second kappa shape index (κ2) is 11.4. The van der Waals surface area contributed by atoms with Crippen LogP contribution in [0.4, 0.5) is 0 Å². The molecule has 0 bridgehead atoms. The summed E-state index contributed by atoms with van der Waals surface area (Å²) in [6.45, 7) is 4.38. The van der Waals surface area contributed by atoms with E-state index in [2.05, 4.69) is 10.9 Å². The van der Waals surface area contributed by atoms with Crippen LogP contribution in [0.3, 0.4) is 0 Å². The molecule has 7 heteroatoms. The Kier molecular flexibility index (Phi) is 8.09. The molecule has 0 aliphatic heterocycles. The van der Waals surface area contributed by atoms with Crippen LogP contribution in [0.1, 0.15) is 21.5 Å². The van der Waals surface area contributed by atoms with Gasteiger partial charge in [-0.1, -0.05) is 42.0 Å². The molecule has 2 amide bonds. The number of hydrazine groups is 1. The molecule has 0 aromatic heterocycles. The Morgan fingerprint density at radius 2 is 1.47 bits per heavy atom. The standard InChI is InChI=1S/C25H26N2O5/c1-18-11-12-23(19(2)15-18)32-17-24(28)26-27-25(29)20-7-6-10-22(16-20)31-14-13-30-21-8-4-3-5-9-21/h3-12,15-16H,13-14,17H2,1-2H3,(H,26,28)(H,27,29). The summed E-state index contributed by atoms with van der Waals surface area (Å²) >= 11 is 0. The zero-order valence-electron chi connectivity index (χ0n) is 18.1. The zero-order chi connectivity index (χ0) is 22.8. The Morgan fingerprint density at radius 1 is 0.750 bits per heavy atom. The van der Waals surface area contributed by atoms with Crippen molar-refractivity contribution in [1.29, 1.82) is 0 Å². The molecule has 32 heavy (non-hydrogen) atoms. The maximum atomic E-state index is 12.3. The number of hydrogen-bond acceptors (Lipinski definition) is 5. The number of aryl methyl sites for hydroxylation is 2. The van der Waals surface area contributed by atoms with Gasteiger partial charge in [-0.3, -0.25) is 20.4 Å². The highest BCUT2D eigenvalue weighted by Gasteiger charge is 2.10. The maximum Gasteiger partial charge on any atom is 0.276 e. The SMILES string of the molecule is Cc1ccc(OCC(=O)NNC(=O)c2cccc(OCCOc3ccccc3)c2)c(C)c1. The van der Waals surface area contributed by atoms with Gasteiger partial charge in [0, 0.05) is 5.56 Å². The van der Waals surface area contributed by atoms with Gasteiger partial charge in [-0.05, 0) is 55.8 Å². The van der Waals surface area contributed by atoms with Crippen molar-refractivity contribution in [2.75, 3.05) is 19.8 Å². The Morgan fingerprint density at radius 3 is 2.22 bits per heavy atom. The van der Waals surface area contributed by atoms with Gasteiger partial charge in [0.15, 0.2) is 6.61 Å². The average molecular weight is 434 g/mol. The van der Waals surface area contributed by atoms with E-state index < -0.39 is 11.8 Å². The van der Waals surface area contributed by atoms with Crippen LogP contribution in [-0.2, 0) is 4.79 Å². The lowest BCUT2D eigenvalue weighted by Gasteiger charge is -2.12. The van der Waals surface area contributed by atoms with E-state index >= 15 is 0 Å². The molecule has 0 fully saturated rings. The van der Waals surface area contributed by atoms with Gasteiger partial charge in [0.2, 0.25) is 0 Å². The van der Waals surface area contributed by atoms with Crippen LogP contribution in [0.15, 0.2) is 72.8 Å². The van der Waals surface area contributed by atoms with Crippen molar-refractivity contribution in [3.8, 4) is 17.2 Å². The smallest absolute Gasteiger partial charge is 0.276 e. The molecule has 0 atom stereocenters. The van der Waals surface area contributed by atoms with Crippen LogP contribution in [-0.4, -0.2) is 31.6 Å². The van der Waals surface area contributed by atoms with Crippen LogP contribution in [0.5, 0.6) is 17.2 Å². The van der Waals surface area contributed by atoms with Gasteiger partial charge in [-0.2, -0.15) is 0 Å². The van der Waals surface area contributed by atoms with Gasteiger partial charge < -0.3 is 14.2 Å². The van der Waals surface area contributed by atoms with E-state index in [0.29, 0.717) is 30.3 Å². The van der Waals surface area contributed by atoms with Crippen LogP contribution in [0, 0.1) is 13.8 Å². The molecule has 0 saturated carbocycles. The second-order valence-electron chi connectivity index (χ2n) is 7.10. The normalized spacial score (nSPS) is 10.2. The van der Waals surface area contributed by atoms with E-state index in [1.807, 2.05) is 62.4 Å². The molecule has 166 valence electrons. The quantitative estimate of drug-likeness (QED) is 0.397. The van der Waals surface area contributed by atoms with Gasteiger partial charge in [0.05, 0.1) is 0 Å². The maximum absolute atomic E-state index is 12.3. The minimum Gasteiger partial charge on any atom is -0.490 e. The topological polar surface area (TPSA) is 85.9 Å². The van der Waals surface area contributed by atoms with Gasteiger partial charge in [0.25, 0.3) is 11.8 Å². The van der Waals surface area contributed by atoms with Crippen LogP contribution in [0.2, 0.25) is 0 Å². The predicted octanol–water partition coefficient (Wildman–Crippen LogP) is 3.60. The number of carbonyl (C=O) groups excluding carboxylic acids is 2. The summed E-state index contributed by atoms with van der Waals surface area (Å²) in [6, 6.07) is 21.8. The molecule has 7 nitrogen and oxygen atoms in total. The van der Waals surface area contributed by atoms with Crippen molar-refractivity contribution in [2.24, 2.45) is 0 Å². The van der Waals surface area contributed by atoms with Gasteiger partial charge in [0.1, 0.15) is 30.5 Å².